The number of carbonyl (C=O) groups is 2. The van der Waals surface area contributed by atoms with E-state index in [9.17, 15) is 9.59 Å². The van der Waals surface area contributed by atoms with Gasteiger partial charge >= 0.3 is 12.1 Å². The fourth-order valence-electron chi connectivity index (χ4n) is 1.37. The van der Waals surface area contributed by atoms with Crippen molar-refractivity contribution in [2.75, 3.05) is 19.1 Å². The van der Waals surface area contributed by atoms with Gasteiger partial charge in [-0.05, 0) is 24.3 Å². The molecule has 0 spiro atoms. The van der Waals surface area contributed by atoms with Gasteiger partial charge in [-0.1, -0.05) is 0 Å². The van der Waals surface area contributed by atoms with E-state index in [-0.39, 0.29) is 12.1 Å². The molecule has 2 rings (SSSR count). The number of benzene rings is 1. The maximum absolute atomic E-state index is 11.3. The number of nitrogens with zero attached hydrogens (tertiary/aromatic N) is 2. The second kappa shape index (κ2) is 3.27. The van der Waals surface area contributed by atoms with Crippen molar-refractivity contribution in [3.05, 3.63) is 24.3 Å². The van der Waals surface area contributed by atoms with Crippen LogP contribution in [-0.2, 0) is 0 Å². The molecule has 0 atom stereocenters. The largest absolute Gasteiger partial charge is 0.497 e. The number of methoxy groups -OCH3 is 1. The Bertz CT molecular complexity index is 397. The van der Waals surface area contributed by atoms with Crippen LogP contribution in [-0.4, -0.2) is 31.1 Å². The molecule has 0 aromatic heterocycles. The minimum Gasteiger partial charge on any atom is -0.497 e. The molecule has 1 aliphatic rings. The first-order valence-corrected chi connectivity index (χ1v) is 4.41. The van der Waals surface area contributed by atoms with Crippen LogP contribution in [0.3, 0.4) is 0 Å². The number of hydrogen-bond donors (Lipinski definition) is 0. The zero-order chi connectivity index (χ0) is 11.0. The summed E-state index contributed by atoms with van der Waals surface area (Å²) < 4.78 is 4.98. The minimum atomic E-state index is -0.315. The van der Waals surface area contributed by atoms with E-state index in [2.05, 4.69) is 0 Å². The van der Waals surface area contributed by atoms with Crippen LogP contribution in [0.25, 0.3) is 0 Å². The summed E-state index contributed by atoms with van der Waals surface area (Å²) in [6, 6.07) is 6.11. The van der Waals surface area contributed by atoms with Crippen LogP contribution in [0.5, 0.6) is 5.75 Å². The molecular formula is C10H10N2O3. The van der Waals surface area contributed by atoms with Gasteiger partial charge in [0.1, 0.15) is 5.75 Å². The molecule has 0 bridgehead atoms. The van der Waals surface area contributed by atoms with Crippen molar-refractivity contribution in [1.29, 1.82) is 0 Å². The SMILES string of the molecule is COc1ccc(N2C(=O)N(C)C2=O)cc1. The van der Waals surface area contributed by atoms with E-state index in [0.29, 0.717) is 11.4 Å². The lowest BCUT2D eigenvalue weighted by atomic mass is 10.2. The molecule has 1 heterocycles. The summed E-state index contributed by atoms with van der Waals surface area (Å²) >= 11 is 0. The topological polar surface area (TPSA) is 49.9 Å². The van der Waals surface area contributed by atoms with Gasteiger partial charge in [0.2, 0.25) is 0 Å². The first-order valence-electron chi connectivity index (χ1n) is 4.41. The van der Waals surface area contributed by atoms with Crippen LogP contribution in [0, 0.1) is 0 Å². The molecular weight excluding hydrogens is 196 g/mol. The van der Waals surface area contributed by atoms with Crippen molar-refractivity contribution in [2.45, 2.75) is 0 Å². The van der Waals surface area contributed by atoms with Crippen molar-refractivity contribution in [3.8, 4) is 5.75 Å². The second-order valence-corrected chi connectivity index (χ2v) is 3.16. The lowest BCUT2D eigenvalue weighted by Gasteiger charge is -2.36. The summed E-state index contributed by atoms with van der Waals surface area (Å²) in [6.45, 7) is 0. The highest BCUT2D eigenvalue weighted by molar-refractivity contribution is 6.28. The molecule has 15 heavy (non-hydrogen) atoms. The number of rotatable bonds is 2. The van der Waals surface area contributed by atoms with Crippen LogP contribution in [0.4, 0.5) is 15.3 Å². The van der Waals surface area contributed by atoms with Crippen LogP contribution < -0.4 is 9.64 Å². The van der Waals surface area contributed by atoms with Gasteiger partial charge in [0.05, 0.1) is 12.8 Å². The molecule has 0 N–H and O–H groups in total. The summed E-state index contributed by atoms with van der Waals surface area (Å²) in [6.07, 6.45) is 0. The molecule has 0 saturated carbocycles. The molecule has 78 valence electrons. The fourth-order valence-corrected chi connectivity index (χ4v) is 1.37. The van der Waals surface area contributed by atoms with E-state index < -0.39 is 0 Å². The monoisotopic (exact) mass is 206 g/mol. The van der Waals surface area contributed by atoms with Gasteiger partial charge in [0.25, 0.3) is 0 Å². The molecule has 0 aliphatic carbocycles. The maximum atomic E-state index is 11.3. The van der Waals surface area contributed by atoms with Gasteiger partial charge in [-0.2, -0.15) is 0 Å². The first-order chi connectivity index (χ1) is 7.15. The standard InChI is InChI=1S/C10H10N2O3/c1-11-9(13)12(10(11)14)7-3-5-8(15-2)6-4-7/h3-6H,1-2H3. The minimum absolute atomic E-state index is 0.315. The lowest BCUT2D eigenvalue weighted by Crippen LogP contribution is -2.62. The number of ether oxygens (including phenoxy) is 1. The van der Waals surface area contributed by atoms with Crippen LogP contribution in [0.15, 0.2) is 24.3 Å². The van der Waals surface area contributed by atoms with Crippen molar-refractivity contribution in [2.24, 2.45) is 0 Å². The van der Waals surface area contributed by atoms with E-state index in [1.54, 1.807) is 31.4 Å². The number of imide groups is 2. The fraction of sp³-hybridized carbons (Fsp3) is 0.200. The maximum Gasteiger partial charge on any atom is 0.340 e. The third kappa shape index (κ3) is 1.32. The predicted octanol–water partition coefficient (Wildman–Crippen LogP) is 1.69. The highest BCUT2D eigenvalue weighted by Gasteiger charge is 2.41. The third-order valence-electron chi connectivity index (χ3n) is 2.29. The van der Waals surface area contributed by atoms with Crippen molar-refractivity contribution in [1.82, 2.24) is 4.90 Å². The van der Waals surface area contributed by atoms with E-state index in [4.69, 9.17) is 4.74 Å². The van der Waals surface area contributed by atoms with Crippen molar-refractivity contribution < 1.29 is 14.3 Å². The molecule has 1 aromatic carbocycles. The first kappa shape index (κ1) is 9.51. The summed E-state index contributed by atoms with van der Waals surface area (Å²) in [5, 5.41) is 0. The van der Waals surface area contributed by atoms with E-state index in [1.165, 1.54) is 7.05 Å². The van der Waals surface area contributed by atoms with Gasteiger partial charge in [0, 0.05) is 7.05 Å². The van der Waals surface area contributed by atoms with E-state index in [0.717, 1.165) is 9.80 Å². The normalized spacial score (nSPS) is 15.3. The lowest BCUT2D eigenvalue weighted by molar-refractivity contribution is 0.182. The summed E-state index contributed by atoms with van der Waals surface area (Å²) in [4.78, 5) is 24.8. The summed E-state index contributed by atoms with van der Waals surface area (Å²) in [7, 11) is 3.01. The molecule has 1 fully saturated rings. The predicted molar refractivity (Wildman–Crippen MR) is 54.0 cm³/mol. The van der Waals surface area contributed by atoms with Gasteiger partial charge in [-0.15, -0.1) is 0 Å². The number of anilines is 1. The molecule has 1 aromatic rings. The quantitative estimate of drug-likeness (QED) is 0.739. The molecule has 1 aliphatic heterocycles. The van der Waals surface area contributed by atoms with Gasteiger partial charge in [-0.25, -0.2) is 19.4 Å². The smallest absolute Gasteiger partial charge is 0.340 e. The Balaban J connectivity index is 2.24. The van der Waals surface area contributed by atoms with Crippen LogP contribution in [0.1, 0.15) is 0 Å². The number of hydrogen-bond acceptors (Lipinski definition) is 3. The average molecular weight is 206 g/mol. The number of carbonyl (C=O) groups excluding carboxylic acids is 2. The summed E-state index contributed by atoms with van der Waals surface area (Å²) in [5.41, 5.74) is 0.559. The Labute approximate surface area is 86.8 Å². The third-order valence-corrected chi connectivity index (χ3v) is 2.29. The Morgan fingerprint density at radius 2 is 1.60 bits per heavy atom. The number of amides is 4. The van der Waals surface area contributed by atoms with Gasteiger partial charge in [-0.3, -0.25) is 0 Å². The molecule has 4 amide bonds. The van der Waals surface area contributed by atoms with Crippen molar-refractivity contribution in [3.63, 3.8) is 0 Å². The Hall–Kier alpha value is -2.04. The van der Waals surface area contributed by atoms with E-state index >= 15 is 0 Å². The van der Waals surface area contributed by atoms with Crippen LogP contribution >= 0.6 is 0 Å². The zero-order valence-corrected chi connectivity index (χ0v) is 8.43. The summed E-state index contributed by atoms with van der Waals surface area (Å²) in [5.74, 6) is 0.688. The molecule has 1 saturated heterocycles. The molecule has 0 unspecified atom stereocenters. The van der Waals surface area contributed by atoms with Gasteiger partial charge < -0.3 is 4.74 Å². The highest BCUT2D eigenvalue weighted by Crippen LogP contribution is 2.25. The molecule has 5 heteroatoms. The Morgan fingerprint density at radius 3 is 2.07 bits per heavy atom. The second-order valence-electron chi connectivity index (χ2n) is 3.16. The van der Waals surface area contributed by atoms with Crippen molar-refractivity contribution >= 4 is 17.7 Å². The molecule has 0 radical (unpaired) electrons. The zero-order valence-electron chi connectivity index (χ0n) is 8.43. The number of urea groups is 2. The highest BCUT2D eigenvalue weighted by atomic mass is 16.5. The Morgan fingerprint density at radius 1 is 1.07 bits per heavy atom. The average Bonchev–Trinajstić information content (AvgIpc) is 2.30. The van der Waals surface area contributed by atoms with E-state index in [1.807, 2.05) is 0 Å². The van der Waals surface area contributed by atoms with Gasteiger partial charge in [0.15, 0.2) is 0 Å². The Kier molecular flexibility index (Phi) is 2.07. The van der Waals surface area contributed by atoms with Crippen LogP contribution in [0.2, 0.25) is 0 Å². The molecule has 5 nitrogen and oxygen atoms in total.